The van der Waals surface area contributed by atoms with Crippen molar-refractivity contribution in [3.63, 3.8) is 0 Å². The second-order valence-electron chi connectivity index (χ2n) is 10.0. The molecule has 5 rings (SSSR count). The number of fused-ring (bicyclic) bond motifs is 1. The Morgan fingerprint density at radius 2 is 1.84 bits per heavy atom. The first-order valence-electron chi connectivity index (χ1n) is 12.7. The number of carbonyl (C=O) groups excluding carboxylic acids is 1. The number of hydrogen-bond donors (Lipinski definition) is 1. The van der Waals surface area contributed by atoms with Crippen LogP contribution in [0.4, 0.5) is 4.79 Å². The van der Waals surface area contributed by atoms with Crippen LogP contribution in [0.3, 0.4) is 0 Å². The maximum absolute atomic E-state index is 12.6. The fourth-order valence-corrected chi connectivity index (χ4v) is 4.11. The molecule has 1 unspecified atom stereocenters. The first kappa shape index (κ1) is 25.5. The highest BCUT2D eigenvalue weighted by molar-refractivity contribution is 5.73. The van der Waals surface area contributed by atoms with Crippen molar-refractivity contribution in [2.45, 2.75) is 38.8 Å². The number of allylic oxidation sites excluding steroid dienone is 1. The van der Waals surface area contributed by atoms with Gasteiger partial charge in [0.05, 0.1) is 18.8 Å². The Balaban J connectivity index is 1.25. The summed E-state index contributed by atoms with van der Waals surface area (Å²) in [6.07, 6.45) is 0.186. The molecule has 1 saturated heterocycles. The van der Waals surface area contributed by atoms with E-state index in [9.17, 15) is 4.79 Å². The second-order valence-corrected chi connectivity index (χ2v) is 10.0. The van der Waals surface area contributed by atoms with Crippen molar-refractivity contribution in [1.29, 1.82) is 0 Å². The Bertz CT molecular complexity index is 1440. The van der Waals surface area contributed by atoms with Crippen molar-refractivity contribution in [2.24, 2.45) is 0 Å². The number of hydrogen-bond acceptors (Lipinski definition) is 6. The number of epoxide rings is 1. The smallest absolute Gasteiger partial charge is 0.407 e. The summed E-state index contributed by atoms with van der Waals surface area (Å²) in [7, 11) is 0. The van der Waals surface area contributed by atoms with Crippen molar-refractivity contribution in [3.05, 3.63) is 90.0 Å². The topological polar surface area (TPSA) is 90.8 Å². The van der Waals surface area contributed by atoms with Crippen LogP contribution < -0.4 is 10.1 Å². The predicted octanol–water partition coefficient (Wildman–Crippen LogP) is 5.44. The van der Waals surface area contributed by atoms with Crippen LogP contribution in [-0.4, -0.2) is 47.0 Å². The number of carbonyl (C=O) groups is 1. The molecule has 0 radical (unpaired) electrons. The second kappa shape index (κ2) is 10.7. The minimum Gasteiger partial charge on any atom is -0.488 e. The van der Waals surface area contributed by atoms with Gasteiger partial charge in [-0.05, 0) is 67.8 Å². The Labute approximate surface area is 222 Å². The number of ether oxygens (including phenoxy) is 3. The largest absolute Gasteiger partial charge is 0.488 e. The average Bonchev–Trinajstić information content (AvgIpc) is 3.63. The molecule has 1 amide bonds. The van der Waals surface area contributed by atoms with Crippen LogP contribution >= 0.6 is 0 Å². The molecule has 0 bridgehead atoms. The Hall–Kier alpha value is -4.17. The van der Waals surface area contributed by atoms with Crippen LogP contribution in [0.15, 0.2) is 73.3 Å². The van der Waals surface area contributed by atoms with Crippen molar-refractivity contribution in [1.82, 2.24) is 20.3 Å². The molecule has 1 aliphatic heterocycles. The zero-order valence-electron chi connectivity index (χ0n) is 21.9. The van der Waals surface area contributed by atoms with E-state index in [4.69, 9.17) is 14.2 Å². The van der Waals surface area contributed by atoms with Gasteiger partial charge < -0.3 is 19.5 Å². The fourth-order valence-electron chi connectivity index (χ4n) is 4.11. The number of nitrogens with one attached hydrogen (secondary N) is 1. The molecule has 196 valence electrons. The molecule has 1 fully saturated rings. The van der Waals surface area contributed by atoms with E-state index < -0.39 is 11.6 Å². The number of aromatic nitrogens is 3. The van der Waals surface area contributed by atoms with Gasteiger partial charge in [-0.3, -0.25) is 0 Å². The number of benzene rings is 3. The molecule has 2 heterocycles. The molecular formula is C30H32N4O4. The lowest BCUT2D eigenvalue weighted by atomic mass is 9.92. The summed E-state index contributed by atoms with van der Waals surface area (Å²) >= 11 is 0. The summed E-state index contributed by atoms with van der Waals surface area (Å²) < 4.78 is 16.8. The van der Waals surface area contributed by atoms with Gasteiger partial charge in [0.15, 0.2) is 0 Å². The first-order valence-corrected chi connectivity index (χ1v) is 12.7. The number of rotatable bonds is 10. The van der Waals surface area contributed by atoms with Gasteiger partial charge in [0.1, 0.15) is 35.2 Å². The van der Waals surface area contributed by atoms with Gasteiger partial charge in [-0.25, -0.2) is 4.79 Å². The van der Waals surface area contributed by atoms with Crippen molar-refractivity contribution in [2.75, 3.05) is 19.8 Å². The van der Waals surface area contributed by atoms with E-state index in [1.807, 2.05) is 87.5 Å². The summed E-state index contributed by atoms with van der Waals surface area (Å²) in [5, 5.41) is 12.2. The van der Waals surface area contributed by atoms with Gasteiger partial charge in [0.25, 0.3) is 0 Å². The molecule has 38 heavy (non-hydrogen) atoms. The quantitative estimate of drug-likeness (QED) is 0.285. The molecule has 0 aliphatic carbocycles. The van der Waals surface area contributed by atoms with Gasteiger partial charge in [-0.2, -0.15) is 0 Å². The van der Waals surface area contributed by atoms with Gasteiger partial charge in [-0.15, -0.1) is 15.0 Å². The predicted molar refractivity (Wildman–Crippen MR) is 146 cm³/mol. The fraction of sp³-hybridized carbons (Fsp3) is 0.300. The maximum Gasteiger partial charge on any atom is 0.407 e. The van der Waals surface area contributed by atoms with Crippen LogP contribution in [0, 0.1) is 0 Å². The SMILES string of the molecule is C=C(C)c1cccc(C(C)(C)NC(=O)OCCc2ccc(OCC3CO3)c(-n3nc4ccccc4n3)c2)c1. The van der Waals surface area contributed by atoms with E-state index in [2.05, 4.69) is 22.1 Å². The van der Waals surface area contributed by atoms with Crippen LogP contribution in [0.5, 0.6) is 5.75 Å². The summed E-state index contributed by atoms with van der Waals surface area (Å²) in [5.74, 6) is 0.668. The van der Waals surface area contributed by atoms with E-state index in [1.54, 1.807) is 4.80 Å². The summed E-state index contributed by atoms with van der Waals surface area (Å²) in [6, 6.07) is 21.5. The monoisotopic (exact) mass is 512 g/mol. The Kier molecular flexibility index (Phi) is 7.15. The normalized spacial score (nSPS) is 14.8. The van der Waals surface area contributed by atoms with Crippen molar-refractivity contribution < 1.29 is 19.0 Å². The molecule has 1 aromatic heterocycles. The van der Waals surface area contributed by atoms with E-state index >= 15 is 0 Å². The van der Waals surface area contributed by atoms with Crippen LogP contribution in [0.25, 0.3) is 22.3 Å². The molecule has 8 heteroatoms. The molecule has 3 aromatic carbocycles. The van der Waals surface area contributed by atoms with Crippen LogP contribution in [0.1, 0.15) is 37.5 Å². The summed E-state index contributed by atoms with van der Waals surface area (Å²) in [6.45, 7) is 11.3. The Morgan fingerprint density at radius 1 is 1.11 bits per heavy atom. The van der Waals surface area contributed by atoms with Crippen molar-refractivity contribution in [3.8, 4) is 11.4 Å². The standard InChI is InChI=1S/C30H32N4O4/c1-20(2)22-8-7-9-23(17-22)30(3,4)31-29(35)36-15-14-21-12-13-28(38-19-24-18-37-24)27(16-21)34-32-25-10-5-6-11-26(25)33-34/h5-13,16-17,24H,1,14-15,18-19H2,2-4H3,(H,31,35). The van der Waals surface area contributed by atoms with Gasteiger partial charge >= 0.3 is 6.09 Å². The highest BCUT2D eigenvalue weighted by Crippen LogP contribution is 2.27. The molecule has 0 spiro atoms. The van der Waals surface area contributed by atoms with Crippen molar-refractivity contribution >= 4 is 22.7 Å². The lowest BCUT2D eigenvalue weighted by molar-refractivity contribution is 0.137. The number of nitrogens with zero attached hydrogens (tertiary/aromatic N) is 3. The maximum atomic E-state index is 12.6. The van der Waals surface area contributed by atoms with E-state index in [0.29, 0.717) is 25.4 Å². The van der Waals surface area contributed by atoms with Crippen LogP contribution in [-0.2, 0) is 21.4 Å². The molecule has 1 atom stereocenters. The minimum atomic E-state index is -0.603. The number of alkyl carbamates (subject to hydrolysis) is 1. The zero-order valence-corrected chi connectivity index (χ0v) is 21.9. The van der Waals surface area contributed by atoms with E-state index in [0.717, 1.165) is 39.0 Å². The highest BCUT2D eigenvalue weighted by atomic mass is 16.6. The molecule has 4 aromatic rings. The number of amides is 1. The minimum absolute atomic E-state index is 0.131. The first-order chi connectivity index (χ1) is 18.3. The molecule has 1 N–H and O–H groups in total. The molecule has 1 aliphatic rings. The third kappa shape index (κ3) is 6.03. The van der Waals surface area contributed by atoms with Gasteiger partial charge in [-0.1, -0.05) is 48.6 Å². The molecule has 8 nitrogen and oxygen atoms in total. The van der Waals surface area contributed by atoms with Gasteiger partial charge in [0, 0.05) is 6.42 Å². The summed E-state index contributed by atoms with van der Waals surface area (Å²) in [4.78, 5) is 14.2. The lowest BCUT2D eigenvalue weighted by Gasteiger charge is -2.27. The van der Waals surface area contributed by atoms with E-state index in [1.165, 1.54) is 0 Å². The average molecular weight is 513 g/mol. The Morgan fingerprint density at radius 3 is 2.53 bits per heavy atom. The third-order valence-corrected chi connectivity index (χ3v) is 6.47. The summed E-state index contributed by atoms with van der Waals surface area (Å²) in [5.41, 5.74) is 5.68. The van der Waals surface area contributed by atoms with Crippen LogP contribution in [0.2, 0.25) is 0 Å². The molecular weight excluding hydrogens is 480 g/mol. The van der Waals surface area contributed by atoms with Gasteiger partial charge in [0.2, 0.25) is 0 Å². The molecule has 0 saturated carbocycles. The highest BCUT2D eigenvalue weighted by Gasteiger charge is 2.25. The third-order valence-electron chi connectivity index (χ3n) is 6.47. The van der Waals surface area contributed by atoms with E-state index in [-0.39, 0.29) is 12.7 Å². The zero-order chi connectivity index (χ0) is 26.7. The lowest BCUT2D eigenvalue weighted by Crippen LogP contribution is -2.41.